The van der Waals surface area contributed by atoms with Crippen LogP contribution in [0.1, 0.15) is 109 Å². The summed E-state index contributed by atoms with van der Waals surface area (Å²) in [6.07, 6.45) is 4.75. The molecular weight excluding hydrogens is 513 g/mol. The van der Waals surface area contributed by atoms with Gasteiger partial charge in [0.25, 0.3) is 0 Å². The third-order valence-electron chi connectivity index (χ3n) is 9.09. The van der Waals surface area contributed by atoms with Gasteiger partial charge in [-0.1, -0.05) is 18.0 Å². The summed E-state index contributed by atoms with van der Waals surface area (Å²) in [4.78, 5) is 23.3. The van der Waals surface area contributed by atoms with Crippen LogP contribution in [0.5, 0.6) is 0 Å². The van der Waals surface area contributed by atoms with E-state index in [0.717, 1.165) is 56.3 Å². The van der Waals surface area contributed by atoms with Gasteiger partial charge < -0.3 is 18.9 Å². The third kappa shape index (κ3) is 5.14. The van der Waals surface area contributed by atoms with Crippen molar-refractivity contribution in [1.29, 1.82) is 0 Å². The van der Waals surface area contributed by atoms with E-state index < -0.39 is 24.0 Å². The summed E-state index contributed by atoms with van der Waals surface area (Å²) >= 11 is 0. The summed E-state index contributed by atoms with van der Waals surface area (Å²) in [6, 6.07) is 0.407. The summed E-state index contributed by atoms with van der Waals surface area (Å²) < 4.78 is 58.7. The van der Waals surface area contributed by atoms with Crippen LogP contribution in [-0.4, -0.2) is 52.6 Å². The first kappa shape index (κ1) is 26.5. The number of alkyl halides is 3. The second-order valence-electron chi connectivity index (χ2n) is 11.6. The van der Waals surface area contributed by atoms with Gasteiger partial charge in [-0.25, -0.2) is 14.8 Å². The Bertz CT molecular complexity index is 1200. The number of methoxy groups -OCH3 is 1. The first-order valence-electron chi connectivity index (χ1n) is 14.1. The molecular formula is C28H35F3N4O4. The number of aryl methyl sites for hydroxylation is 1. The maximum Gasteiger partial charge on any atom is 0.392 e. The molecule has 0 N–H and O–H groups in total. The van der Waals surface area contributed by atoms with Crippen LogP contribution < -0.4 is 4.90 Å². The molecule has 0 aromatic carbocycles. The van der Waals surface area contributed by atoms with Gasteiger partial charge in [-0.05, 0) is 58.3 Å². The predicted octanol–water partition coefficient (Wildman–Crippen LogP) is 5.99. The number of aromatic nitrogens is 3. The van der Waals surface area contributed by atoms with E-state index in [1.807, 2.05) is 0 Å². The molecule has 4 aliphatic rings. The van der Waals surface area contributed by atoms with Gasteiger partial charge in [0.2, 0.25) is 5.95 Å². The van der Waals surface area contributed by atoms with E-state index in [4.69, 9.17) is 14.0 Å². The second-order valence-corrected chi connectivity index (χ2v) is 11.6. The molecule has 2 bridgehead atoms. The molecule has 0 spiro atoms. The predicted molar refractivity (Wildman–Crippen MR) is 134 cm³/mol. The maximum atomic E-state index is 13.9. The molecule has 0 amide bonds. The molecule has 2 aliphatic carbocycles. The quantitative estimate of drug-likeness (QED) is 0.390. The van der Waals surface area contributed by atoms with Crippen molar-refractivity contribution in [3.8, 4) is 0 Å². The Morgan fingerprint density at radius 1 is 1.10 bits per heavy atom. The summed E-state index contributed by atoms with van der Waals surface area (Å²) in [5, 5.41) is 4.24. The zero-order chi connectivity index (χ0) is 27.3. The molecule has 2 unspecified atom stereocenters. The number of carbonyl (C=O) groups excluding carboxylic acids is 1. The Morgan fingerprint density at radius 3 is 2.46 bits per heavy atom. The number of piperidine rings is 1. The molecule has 8 nitrogen and oxygen atoms in total. The highest BCUT2D eigenvalue weighted by atomic mass is 19.4. The number of rotatable bonds is 7. The van der Waals surface area contributed by atoms with Crippen molar-refractivity contribution < 1.29 is 32.0 Å². The van der Waals surface area contributed by atoms with E-state index in [2.05, 4.69) is 20.0 Å². The molecule has 6 rings (SSSR count). The van der Waals surface area contributed by atoms with Gasteiger partial charge in [-0.2, -0.15) is 13.2 Å². The van der Waals surface area contributed by atoms with Crippen molar-refractivity contribution in [2.24, 2.45) is 5.92 Å². The van der Waals surface area contributed by atoms with Gasteiger partial charge in [0, 0.05) is 35.7 Å². The number of nitrogens with zero attached hydrogens (tertiary/aromatic N) is 4. The summed E-state index contributed by atoms with van der Waals surface area (Å²) in [6.45, 7) is 2.01. The Hall–Kier alpha value is -2.69. The van der Waals surface area contributed by atoms with Gasteiger partial charge in [-0.3, -0.25) is 0 Å². The minimum absolute atomic E-state index is 0.0197. The third-order valence-corrected chi connectivity index (χ3v) is 9.09. The molecule has 2 aliphatic heterocycles. The number of halogens is 3. The van der Waals surface area contributed by atoms with Gasteiger partial charge in [0.05, 0.1) is 42.7 Å². The molecule has 0 radical (unpaired) electrons. The number of hydrogen-bond donors (Lipinski definition) is 0. The number of fused-ring (bicyclic) bond motifs is 2. The number of ether oxygens (including phenoxy) is 2. The molecule has 212 valence electrons. The van der Waals surface area contributed by atoms with Crippen molar-refractivity contribution in [2.75, 3.05) is 12.0 Å². The lowest BCUT2D eigenvalue weighted by Gasteiger charge is -2.39. The molecule has 2 saturated heterocycles. The minimum Gasteiger partial charge on any atom is -0.465 e. The normalized spacial score (nSPS) is 29.1. The average Bonchev–Trinajstić information content (AvgIpc) is 3.62. The number of anilines is 1. The molecule has 4 fully saturated rings. The monoisotopic (exact) mass is 548 g/mol. The molecule has 4 atom stereocenters. The van der Waals surface area contributed by atoms with Crippen LogP contribution in [0.3, 0.4) is 0 Å². The zero-order valence-corrected chi connectivity index (χ0v) is 22.4. The first-order chi connectivity index (χ1) is 18.7. The van der Waals surface area contributed by atoms with E-state index in [1.165, 1.54) is 13.3 Å². The second kappa shape index (κ2) is 10.4. The van der Waals surface area contributed by atoms with Crippen molar-refractivity contribution >= 4 is 11.9 Å². The highest BCUT2D eigenvalue weighted by Gasteiger charge is 2.49. The first-order valence-corrected chi connectivity index (χ1v) is 14.1. The molecule has 2 aromatic heterocycles. The van der Waals surface area contributed by atoms with Gasteiger partial charge in [-0.15, -0.1) is 0 Å². The minimum atomic E-state index is -4.25. The lowest BCUT2D eigenvalue weighted by atomic mass is 9.76. The maximum absolute atomic E-state index is 13.9. The largest absolute Gasteiger partial charge is 0.465 e. The molecule has 2 saturated carbocycles. The number of esters is 1. The standard InChI is InChI=1S/C28H35F3N4O4/c1-15-21(26(36)37-2)13-32-27(33-15)35-17-9-10-18(35)12-19(11-17)38-14-22-24(34-39-25(22)16-7-8-16)20-5-3-4-6-23(20)28(29,30)31/h13,16-20,23H,3-12,14H2,1-2H3/t17?,18?,19?,20-,23-/m0/s1. The zero-order valence-electron chi connectivity index (χ0n) is 22.4. The summed E-state index contributed by atoms with van der Waals surface area (Å²) in [5.74, 6) is -0.924. The van der Waals surface area contributed by atoms with Crippen LogP contribution in [0.2, 0.25) is 0 Å². The van der Waals surface area contributed by atoms with E-state index in [-0.39, 0.29) is 37.1 Å². The van der Waals surface area contributed by atoms with E-state index in [1.54, 1.807) is 6.92 Å². The fourth-order valence-corrected chi connectivity index (χ4v) is 6.97. The lowest BCUT2D eigenvalue weighted by Crippen LogP contribution is -2.46. The van der Waals surface area contributed by atoms with Crippen molar-refractivity contribution in [3.63, 3.8) is 0 Å². The smallest absolute Gasteiger partial charge is 0.392 e. The Morgan fingerprint density at radius 2 is 1.82 bits per heavy atom. The summed E-state index contributed by atoms with van der Waals surface area (Å²) in [7, 11) is 1.33. The van der Waals surface area contributed by atoms with Crippen LogP contribution in [0, 0.1) is 12.8 Å². The highest BCUT2D eigenvalue weighted by molar-refractivity contribution is 5.90. The fourth-order valence-electron chi connectivity index (χ4n) is 6.97. The Labute approximate surface area is 225 Å². The summed E-state index contributed by atoms with van der Waals surface area (Å²) in [5.41, 5.74) is 2.16. The Kier molecular flexibility index (Phi) is 7.05. The molecule has 2 aromatic rings. The topological polar surface area (TPSA) is 90.6 Å². The number of carbonyl (C=O) groups is 1. The lowest BCUT2D eigenvalue weighted by molar-refractivity contribution is -0.187. The van der Waals surface area contributed by atoms with Crippen molar-refractivity contribution in [2.45, 2.75) is 114 Å². The SMILES string of the molecule is COC(=O)c1cnc(N2C3CCC2CC(OCc2c([C@H]4CCCC[C@@H]4C(F)(F)F)noc2C2CC2)C3)nc1C. The van der Waals surface area contributed by atoms with E-state index in [9.17, 15) is 18.0 Å². The van der Waals surface area contributed by atoms with Gasteiger partial charge in [0.15, 0.2) is 0 Å². The number of hydrogen-bond acceptors (Lipinski definition) is 8. The Balaban J connectivity index is 1.17. The fraction of sp³-hybridized carbons (Fsp3) is 0.714. The molecule has 11 heteroatoms. The van der Waals surface area contributed by atoms with Crippen LogP contribution in [-0.2, 0) is 16.1 Å². The highest BCUT2D eigenvalue weighted by Crippen LogP contribution is 2.50. The van der Waals surface area contributed by atoms with Gasteiger partial charge in [0.1, 0.15) is 5.76 Å². The van der Waals surface area contributed by atoms with Crippen LogP contribution in [0.25, 0.3) is 0 Å². The molecule has 4 heterocycles. The van der Waals surface area contributed by atoms with Gasteiger partial charge >= 0.3 is 12.1 Å². The van der Waals surface area contributed by atoms with E-state index in [0.29, 0.717) is 35.7 Å². The average molecular weight is 549 g/mol. The van der Waals surface area contributed by atoms with Crippen molar-refractivity contribution in [1.82, 2.24) is 15.1 Å². The molecule has 39 heavy (non-hydrogen) atoms. The van der Waals surface area contributed by atoms with E-state index >= 15 is 0 Å². The van der Waals surface area contributed by atoms with Crippen LogP contribution in [0.4, 0.5) is 19.1 Å². The van der Waals surface area contributed by atoms with Crippen LogP contribution >= 0.6 is 0 Å². The van der Waals surface area contributed by atoms with Crippen LogP contribution in [0.15, 0.2) is 10.7 Å². The van der Waals surface area contributed by atoms with Crippen molar-refractivity contribution in [3.05, 3.63) is 34.5 Å².